The highest BCUT2D eigenvalue weighted by molar-refractivity contribution is 6.01. The number of ether oxygens (including phenoxy) is 2. The van der Waals surface area contributed by atoms with E-state index in [1.165, 1.54) is 13.2 Å². The van der Waals surface area contributed by atoms with E-state index in [1.807, 2.05) is 13.0 Å². The fourth-order valence-corrected chi connectivity index (χ4v) is 1.73. The van der Waals surface area contributed by atoms with E-state index in [1.54, 1.807) is 32.0 Å². The summed E-state index contributed by atoms with van der Waals surface area (Å²) in [4.78, 5) is 23.6. The van der Waals surface area contributed by atoms with Gasteiger partial charge >= 0.3 is 5.97 Å². The van der Waals surface area contributed by atoms with Gasteiger partial charge in [0.1, 0.15) is 11.6 Å². The Balaban J connectivity index is 3.05. The van der Waals surface area contributed by atoms with Crippen molar-refractivity contribution in [2.24, 2.45) is 5.92 Å². The molecule has 0 bridgehead atoms. The third-order valence-electron chi connectivity index (χ3n) is 3.08. The summed E-state index contributed by atoms with van der Waals surface area (Å²) in [5.41, 5.74) is 0.594. The number of hydrogen-bond donors (Lipinski definition) is 1. The van der Waals surface area contributed by atoms with Crippen molar-refractivity contribution in [2.75, 3.05) is 13.7 Å². The van der Waals surface area contributed by atoms with Crippen LogP contribution in [0.15, 0.2) is 23.8 Å². The van der Waals surface area contributed by atoms with E-state index >= 15 is 0 Å². The van der Waals surface area contributed by atoms with E-state index in [0.29, 0.717) is 23.6 Å². The molecule has 6 nitrogen and oxygen atoms in total. The number of carbonyl (C=O) groups excluding carboxylic acids is 2. The lowest BCUT2D eigenvalue weighted by atomic mass is 10.1. The highest BCUT2D eigenvalue weighted by Crippen LogP contribution is 2.29. The largest absolute Gasteiger partial charge is 0.493 e. The number of carbonyl (C=O) groups is 2. The van der Waals surface area contributed by atoms with Crippen molar-refractivity contribution in [3.8, 4) is 17.6 Å². The van der Waals surface area contributed by atoms with Gasteiger partial charge in [0.05, 0.1) is 13.0 Å². The van der Waals surface area contributed by atoms with Crippen LogP contribution in [-0.4, -0.2) is 25.5 Å². The molecule has 0 aliphatic heterocycles. The highest BCUT2D eigenvalue weighted by Gasteiger charge is 2.14. The fourth-order valence-electron chi connectivity index (χ4n) is 1.73. The first-order valence-electron chi connectivity index (χ1n) is 7.72. The van der Waals surface area contributed by atoms with Crippen LogP contribution in [0.5, 0.6) is 11.5 Å². The molecule has 0 spiro atoms. The van der Waals surface area contributed by atoms with Gasteiger partial charge in [0.2, 0.25) is 0 Å². The summed E-state index contributed by atoms with van der Waals surface area (Å²) in [6.07, 6.45) is 2.25. The Bertz CT molecular complexity index is 672. The third kappa shape index (κ3) is 5.43. The van der Waals surface area contributed by atoms with Crippen LogP contribution >= 0.6 is 0 Å². The lowest BCUT2D eigenvalue weighted by molar-refractivity contribution is -0.137. The molecule has 0 saturated heterocycles. The Morgan fingerprint density at radius 2 is 2.04 bits per heavy atom. The zero-order valence-corrected chi connectivity index (χ0v) is 14.4. The van der Waals surface area contributed by atoms with Crippen LogP contribution in [0.3, 0.4) is 0 Å². The Labute approximate surface area is 142 Å². The quantitative estimate of drug-likeness (QED) is 0.359. The number of nitrogens with zero attached hydrogens (tertiary/aromatic N) is 1. The van der Waals surface area contributed by atoms with Crippen molar-refractivity contribution < 1.29 is 19.1 Å². The third-order valence-corrected chi connectivity index (χ3v) is 3.08. The van der Waals surface area contributed by atoms with Crippen LogP contribution in [0.1, 0.15) is 32.8 Å². The fraction of sp³-hybridized carbons (Fsp3) is 0.389. The summed E-state index contributed by atoms with van der Waals surface area (Å²) in [7, 11) is 1.45. The van der Waals surface area contributed by atoms with Crippen molar-refractivity contribution in [3.63, 3.8) is 0 Å². The van der Waals surface area contributed by atoms with Gasteiger partial charge in [-0.15, -0.1) is 0 Å². The van der Waals surface area contributed by atoms with Crippen molar-refractivity contribution in [2.45, 2.75) is 27.2 Å². The van der Waals surface area contributed by atoms with Gasteiger partial charge in [-0.2, -0.15) is 5.26 Å². The molecule has 6 heteroatoms. The highest BCUT2D eigenvalue weighted by atomic mass is 16.6. The zero-order chi connectivity index (χ0) is 18.1. The van der Waals surface area contributed by atoms with Crippen molar-refractivity contribution >= 4 is 18.0 Å². The van der Waals surface area contributed by atoms with E-state index in [0.717, 1.165) is 6.42 Å². The molecule has 24 heavy (non-hydrogen) atoms. The Kier molecular flexibility index (Phi) is 7.50. The Morgan fingerprint density at radius 1 is 1.33 bits per heavy atom. The topological polar surface area (TPSA) is 88.4 Å². The predicted molar refractivity (Wildman–Crippen MR) is 90.4 cm³/mol. The van der Waals surface area contributed by atoms with Gasteiger partial charge in [0.25, 0.3) is 5.91 Å². The normalized spacial score (nSPS) is 10.9. The number of amides is 1. The molecular weight excluding hydrogens is 308 g/mol. The smallest absolute Gasteiger partial charge is 0.313 e. The number of benzene rings is 1. The van der Waals surface area contributed by atoms with Gasteiger partial charge in [0, 0.05) is 6.54 Å². The van der Waals surface area contributed by atoms with Crippen LogP contribution in [-0.2, 0) is 9.59 Å². The summed E-state index contributed by atoms with van der Waals surface area (Å²) in [6, 6.07) is 6.71. The lowest BCUT2D eigenvalue weighted by Crippen LogP contribution is -2.25. The summed E-state index contributed by atoms with van der Waals surface area (Å²) < 4.78 is 10.5. The molecule has 0 heterocycles. The van der Waals surface area contributed by atoms with E-state index in [9.17, 15) is 9.59 Å². The van der Waals surface area contributed by atoms with Crippen LogP contribution in [0, 0.1) is 17.2 Å². The summed E-state index contributed by atoms with van der Waals surface area (Å²) >= 11 is 0. The summed E-state index contributed by atoms with van der Waals surface area (Å²) in [6.45, 7) is 5.91. The van der Waals surface area contributed by atoms with E-state index in [2.05, 4.69) is 5.32 Å². The SMILES string of the molecule is CCCNC(=O)/C(C#N)=C/c1ccc(OC(=O)C(C)C)c(OC)c1. The molecule has 0 unspecified atom stereocenters. The van der Waals surface area contributed by atoms with E-state index in [-0.39, 0.29) is 17.5 Å². The number of esters is 1. The molecule has 1 aromatic carbocycles. The molecule has 0 saturated carbocycles. The van der Waals surface area contributed by atoms with Gasteiger partial charge in [-0.3, -0.25) is 9.59 Å². The molecule has 0 radical (unpaired) electrons. The molecule has 1 N–H and O–H groups in total. The maximum absolute atomic E-state index is 11.9. The Hall–Kier alpha value is -2.81. The van der Waals surface area contributed by atoms with Crippen LogP contribution in [0.2, 0.25) is 0 Å². The minimum absolute atomic E-state index is 0.00238. The monoisotopic (exact) mass is 330 g/mol. The Morgan fingerprint density at radius 3 is 2.58 bits per heavy atom. The molecule has 0 aliphatic rings. The summed E-state index contributed by atoms with van der Waals surface area (Å²) in [5.74, 6) is -0.407. The standard InChI is InChI=1S/C18H22N2O4/c1-5-8-20-17(21)14(11-19)9-13-6-7-15(16(10-13)23-4)24-18(22)12(2)3/h6-7,9-10,12H,5,8H2,1-4H3,(H,20,21)/b14-9+. The second kappa shape index (κ2) is 9.36. The lowest BCUT2D eigenvalue weighted by Gasteiger charge is -2.11. The number of methoxy groups -OCH3 is 1. The van der Waals surface area contributed by atoms with Crippen LogP contribution < -0.4 is 14.8 Å². The molecule has 0 fully saturated rings. The number of nitriles is 1. The molecule has 0 aromatic heterocycles. The van der Waals surface area contributed by atoms with Gasteiger partial charge in [0.15, 0.2) is 11.5 Å². The van der Waals surface area contributed by atoms with E-state index < -0.39 is 5.91 Å². The minimum Gasteiger partial charge on any atom is -0.493 e. The second-order valence-corrected chi connectivity index (χ2v) is 5.41. The average molecular weight is 330 g/mol. The molecule has 1 aromatic rings. The number of hydrogen-bond acceptors (Lipinski definition) is 5. The number of nitrogens with one attached hydrogen (secondary N) is 1. The van der Waals surface area contributed by atoms with Gasteiger partial charge in [-0.25, -0.2) is 0 Å². The zero-order valence-electron chi connectivity index (χ0n) is 14.4. The summed E-state index contributed by atoms with van der Waals surface area (Å²) in [5, 5.41) is 11.8. The van der Waals surface area contributed by atoms with Gasteiger partial charge in [-0.1, -0.05) is 26.8 Å². The predicted octanol–water partition coefficient (Wildman–Crippen LogP) is 2.69. The molecule has 1 amide bonds. The van der Waals surface area contributed by atoms with Gasteiger partial charge < -0.3 is 14.8 Å². The van der Waals surface area contributed by atoms with Crippen molar-refractivity contribution in [1.29, 1.82) is 5.26 Å². The van der Waals surface area contributed by atoms with Crippen molar-refractivity contribution in [3.05, 3.63) is 29.3 Å². The van der Waals surface area contributed by atoms with Gasteiger partial charge in [-0.05, 0) is 30.2 Å². The van der Waals surface area contributed by atoms with Crippen LogP contribution in [0.4, 0.5) is 0 Å². The van der Waals surface area contributed by atoms with Crippen LogP contribution in [0.25, 0.3) is 6.08 Å². The minimum atomic E-state index is -0.423. The first-order valence-corrected chi connectivity index (χ1v) is 7.72. The second-order valence-electron chi connectivity index (χ2n) is 5.41. The maximum atomic E-state index is 11.9. The molecule has 128 valence electrons. The first kappa shape index (κ1) is 19.2. The van der Waals surface area contributed by atoms with E-state index in [4.69, 9.17) is 14.7 Å². The molecule has 0 aliphatic carbocycles. The molecular formula is C18H22N2O4. The maximum Gasteiger partial charge on any atom is 0.313 e. The first-order chi connectivity index (χ1) is 11.4. The molecule has 0 atom stereocenters. The number of rotatable bonds is 7. The van der Waals surface area contributed by atoms with Crippen molar-refractivity contribution in [1.82, 2.24) is 5.32 Å². The average Bonchev–Trinajstić information content (AvgIpc) is 2.58. The molecule has 1 rings (SSSR count).